The third-order valence-electron chi connectivity index (χ3n) is 10.3. The van der Waals surface area contributed by atoms with Gasteiger partial charge in [-0.1, -0.05) is 51.0 Å². The van der Waals surface area contributed by atoms with Gasteiger partial charge in [-0.25, -0.2) is 8.78 Å². The van der Waals surface area contributed by atoms with Crippen LogP contribution in [-0.2, 0) is 9.31 Å². The zero-order valence-electron chi connectivity index (χ0n) is 29.4. The average Bonchev–Trinajstić information content (AvgIpc) is 3.27. The molecule has 3 heterocycles. The summed E-state index contributed by atoms with van der Waals surface area (Å²) < 4.78 is 41.6. The summed E-state index contributed by atoms with van der Waals surface area (Å²) in [5.41, 5.74) is -1.03. The van der Waals surface area contributed by atoms with Crippen LogP contribution in [0.25, 0.3) is 0 Å². The monoisotopic (exact) mass is 668 g/mol. The molecule has 0 spiro atoms. The highest BCUT2D eigenvalue weighted by Gasteiger charge is 2.52. The fourth-order valence-electron chi connectivity index (χ4n) is 6.89. The molecule has 0 radical (unpaired) electrons. The topological polar surface area (TPSA) is 99.5 Å². The molecule has 8 nitrogen and oxygen atoms in total. The van der Waals surface area contributed by atoms with Crippen molar-refractivity contribution in [1.82, 2.24) is 9.80 Å². The molecule has 3 saturated heterocycles. The Labute approximate surface area is 285 Å². The van der Waals surface area contributed by atoms with E-state index in [1.54, 1.807) is 23.1 Å². The van der Waals surface area contributed by atoms with Gasteiger partial charge in [0.25, 0.3) is 11.8 Å². The third-order valence-corrected chi connectivity index (χ3v) is 10.3. The van der Waals surface area contributed by atoms with Crippen LogP contribution >= 0.6 is 0 Å². The minimum atomic E-state index is -1.91. The lowest BCUT2D eigenvalue weighted by atomic mass is 9.77. The maximum absolute atomic E-state index is 15.3. The molecule has 0 saturated carbocycles. The molecule has 2 aromatic carbocycles. The Balaban J connectivity index is 0.000000224. The van der Waals surface area contributed by atoms with Gasteiger partial charge in [0, 0.05) is 36.1 Å². The number of nitrogens with zero attached hydrogens (tertiary/aromatic N) is 2. The molecule has 0 unspecified atom stereocenters. The molecule has 2 atom stereocenters. The number of piperidine rings is 2. The first-order chi connectivity index (χ1) is 22.7. The van der Waals surface area contributed by atoms with E-state index in [4.69, 9.17) is 19.4 Å². The molecule has 12 heteroatoms. The second kappa shape index (κ2) is 16.3. The predicted octanol–water partition coefficient (Wildman–Crippen LogP) is 5.22. The standard InChI is InChI=1S/C21H31BFNO3.C15H21BFNO3/c1-6-10-15-11-7-8-14-24(15)19(25)16-12-9-13-17(18(16)23)22-26-20(2,3)21(4,5)27-22;1-2-6-11-7-3-4-10-18(11)15(19)12-8-5-9-13(14(12)17)16(20)21/h9,12-13,15H,6-8,10-11,14H2,1-5H3;5,8-9,11,20-21H,2-4,6-7,10H2,1H3/t15-;11-/m11/s1. The van der Waals surface area contributed by atoms with Crippen molar-refractivity contribution < 1.29 is 37.7 Å². The SMILES string of the molecule is CCC[C@@H]1CCCCN1C(=O)c1cccc(B(O)O)c1F.CCC[C@@H]1CCCCN1C(=O)c1cccc(B2OC(C)(C)C(C)(C)O2)c1F. The number of benzene rings is 2. The van der Waals surface area contributed by atoms with Gasteiger partial charge in [0.15, 0.2) is 0 Å². The van der Waals surface area contributed by atoms with Gasteiger partial charge < -0.3 is 29.2 Å². The number of amides is 2. The number of carbonyl (C=O) groups excluding carboxylic acids is 2. The molecular formula is C36H52B2F2N2O6. The lowest BCUT2D eigenvalue weighted by molar-refractivity contribution is 0.00578. The largest absolute Gasteiger partial charge is 0.497 e. The van der Waals surface area contributed by atoms with E-state index in [-0.39, 0.29) is 40.5 Å². The molecule has 5 rings (SSSR count). The van der Waals surface area contributed by atoms with E-state index >= 15 is 4.39 Å². The number of hydrogen-bond acceptors (Lipinski definition) is 6. The summed E-state index contributed by atoms with van der Waals surface area (Å²) in [5, 5.41) is 18.3. The molecule has 2 N–H and O–H groups in total. The Morgan fingerprint density at radius 2 is 1.25 bits per heavy atom. The van der Waals surface area contributed by atoms with Crippen molar-refractivity contribution in [3.8, 4) is 0 Å². The van der Waals surface area contributed by atoms with Crippen LogP contribution < -0.4 is 10.9 Å². The molecule has 262 valence electrons. The summed E-state index contributed by atoms with van der Waals surface area (Å²) >= 11 is 0. The maximum atomic E-state index is 15.3. The number of halogens is 2. The summed E-state index contributed by atoms with van der Waals surface area (Å²) in [5.74, 6) is -1.93. The summed E-state index contributed by atoms with van der Waals surface area (Å²) in [7, 11) is -2.72. The first-order valence-corrected chi connectivity index (χ1v) is 17.6. The van der Waals surface area contributed by atoms with E-state index in [1.165, 1.54) is 18.2 Å². The van der Waals surface area contributed by atoms with Crippen LogP contribution in [-0.4, -0.2) is 82.3 Å². The summed E-state index contributed by atoms with van der Waals surface area (Å²) in [6, 6.07) is 9.45. The zero-order chi connectivity index (χ0) is 35.2. The molecule has 2 aromatic rings. The van der Waals surface area contributed by atoms with Crippen molar-refractivity contribution in [3.63, 3.8) is 0 Å². The summed E-state index contributed by atoms with van der Waals surface area (Å²) in [6.07, 6.45) is 9.94. The van der Waals surface area contributed by atoms with Crippen LogP contribution in [0.2, 0.25) is 0 Å². The van der Waals surface area contributed by atoms with Gasteiger partial charge in [0.1, 0.15) is 11.6 Å². The van der Waals surface area contributed by atoms with E-state index in [0.29, 0.717) is 18.6 Å². The van der Waals surface area contributed by atoms with E-state index in [0.717, 1.165) is 64.2 Å². The van der Waals surface area contributed by atoms with Crippen LogP contribution in [0, 0.1) is 11.6 Å². The zero-order valence-corrected chi connectivity index (χ0v) is 29.4. The Hall–Kier alpha value is -2.79. The second-order valence-electron chi connectivity index (χ2n) is 14.3. The average molecular weight is 668 g/mol. The van der Waals surface area contributed by atoms with Crippen molar-refractivity contribution in [2.75, 3.05) is 13.1 Å². The van der Waals surface area contributed by atoms with Gasteiger partial charge in [0.05, 0.1) is 22.3 Å². The molecular weight excluding hydrogens is 616 g/mol. The van der Waals surface area contributed by atoms with Gasteiger partial charge in [0.2, 0.25) is 0 Å². The molecule has 0 bridgehead atoms. The van der Waals surface area contributed by atoms with Crippen LogP contribution in [0.4, 0.5) is 8.78 Å². The van der Waals surface area contributed by atoms with Crippen molar-refractivity contribution in [2.24, 2.45) is 0 Å². The molecule has 0 aromatic heterocycles. The molecule has 2 amide bonds. The van der Waals surface area contributed by atoms with E-state index < -0.39 is 37.1 Å². The fraction of sp³-hybridized carbons (Fsp3) is 0.611. The number of likely N-dealkylation sites (tertiary alicyclic amines) is 2. The van der Waals surface area contributed by atoms with Gasteiger partial charge in [-0.3, -0.25) is 9.59 Å². The summed E-state index contributed by atoms with van der Waals surface area (Å²) in [4.78, 5) is 29.3. The van der Waals surface area contributed by atoms with Crippen molar-refractivity contribution >= 4 is 37.0 Å². The normalized spacial score (nSPS) is 21.8. The first kappa shape index (κ1) is 38.0. The minimum Gasteiger partial charge on any atom is -0.423 e. The number of rotatable bonds is 8. The predicted molar refractivity (Wildman–Crippen MR) is 186 cm³/mol. The number of carbonyl (C=O) groups is 2. The number of hydrogen-bond donors (Lipinski definition) is 2. The van der Waals surface area contributed by atoms with E-state index in [1.807, 2.05) is 32.6 Å². The molecule has 0 aliphatic carbocycles. The van der Waals surface area contributed by atoms with Gasteiger partial charge >= 0.3 is 14.2 Å². The molecule has 3 aliphatic rings. The third kappa shape index (κ3) is 8.32. The van der Waals surface area contributed by atoms with Gasteiger partial charge in [-0.2, -0.15) is 0 Å². The Morgan fingerprint density at radius 3 is 1.71 bits per heavy atom. The van der Waals surface area contributed by atoms with Crippen LogP contribution in [0.5, 0.6) is 0 Å². The van der Waals surface area contributed by atoms with E-state index in [9.17, 15) is 14.0 Å². The van der Waals surface area contributed by atoms with Crippen molar-refractivity contribution in [1.29, 1.82) is 0 Å². The highest BCUT2D eigenvalue weighted by atomic mass is 19.1. The first-order valence-electron chi connectivity index (χ1n) is 17.6. The van der Waals surface area contributed by atoms with Crippen molar-refractivity contribution in [2.45, 2.75) is 129 Å². The quantitative estimate of drug-likeness (QED) is 0.375. The molecule has 48 heavy (non-hydrogen) atoms. The van der Waals surface area contributed by atoms with E-state index in [2.05, 4.69) is 13.8 Å². The maximum Gasteiger partial charge on any atom is 0.497 e. The highest BCUT2D eigenvalue weighted by molar-refractivity contribution is 6.62. The highest BCUT2D eigenvalue weighted by Crippen LogP contribution is 2.37. The Bertz CT molecular complexity index is 1400. The van der Waals surface area contributed by atoms with Crippen molar-refractivity contribution in [3.05, 3.63) is 59.2 Å². The second-order valence-corrected chi connectivity index (χ2v) is 14.3. The lowest BCUT2D eigenvalue weighted by Gasteiger charge is -2.36. The van der Waals surface area contributed by atoms with Crippen LogP contribution in [0.1, 0.15) is 126 Å². The summed E-state index contributed by atoms with van der Waals surface area (Å²) in [6.45, 7) is 13.3. The Morgan fingerprint density at radius 1 is 0.792 bits per heavy atom. The fourth-order valence-corrected chi connectivity index (χ4v) is 6.89. The van der Waals surface area contributed by atoms with Crippen LogP contribution in [0.15, 0.2) is 36.4 Å². The lowest BCUT2D eigenvalue weighted by Crippen LogP contribution is -2.45. The van der Waals surface area contributed by atoms with Gasteiger partial charge in [-0.15, -0.1) is 0 Å². The molecule has 3 aliphatic heterocycles. The van der Waals surface area contributed by atoms with Crippen LogP contribution in [0.3, 0.4) is 0 Å². The smallest absolute Gasteiger partial charge is 0.423 e. The molecule has 3 fully saturated rings. The minimum absolute atomic E-state index is 0.0800. The Kier molecular flexibility index (Phi) is 12.9. The van der Waals surface area contributed by atoms with Gasteiger partial charge in [-0.05, 0) is 91.2 Å².